The van der Waals surface area contributed by atoms with Gasteiger partial charge in [0, 0.05) is 6.54 Å². The van der Waals surface area contributed by atoms with Crippen molar-refractivity contribution in [3.05, 3.63) is 95.1 Å². The largest absolute Gasteiger partial charge is 0.495 e. The second-order valence-electron chi connectivity index (χ2n) is 7.36. The Morgan fingerprint density at radius 1 is 0.844 bits per heavy atom. The van der Waals surface area contributed by atoms with Gasteiger partial charge in [-0.1, -0.05) is 48.5 Å². The van der Waals surface area contributed by atoms with Gasteiger partial charge in [-0.15, -0.1) is 0 Å². The lowest BCUT2D eigenvalue weighted by Crippen LogP contribution is -2.29. The van der Waals surface area contributed by atoms with Crippen LogP contribution in [0.4, 0.5) is 0 Å². The molecule has 0 fully saturated rings. The zero-order chi connectivity index (χ0) is 22.7. The fourth-order valence-corrected chi connectivity index (χ4v) is 4.90. The minimum Gasteiger partial charge on any atom is -0.495 e. The zero-order valence-electron chi connectivity index (χ0n) is 17.4. The van der Waals surface area contributed by atoms with Crippen molar-refractivity contribution in [2.45, 2.75) is 17.9 Å². The number of nitrogens with zero attached hydrogens (tertiary/aromatic N) is 1. The van der Waals surface area contributed by atoms with Gasteiger partial charge in [0.25, 0.3) is 11.8 Å². The summed E-state index contributed by atoms with van der Waals surface area (Å²) in [5.74, 6) is -0.609. The van der Waals surface area contributed by atoms with Gasteiger partial charge < -0.3 is 4.74 Å². The van der Waals surface area contributed by atoms with Crippen LogP contribution in [-0.4, -0.2) is 38.8 Å². The van der Waals surface area contributed by atoms with E-state index in [9.17, 15) is 18.0 Å². The predicted octanol–water partition coefficient (Wildman–Crippen LogP) is 3.01. The summed E-state index contributed by atoms with van der Waals surface area (Å²) in [6.07, 6.45) is 0.539. The van der Waals surface area contributed by atoms with Crippen LogP contribution in [-0.2, 0) is 23.0 Å². The summed E-state index contributed by atoms with van der Waals surface area (Å²) in [7, 11) is -2.48. The van der Waals surface area contributed by atoms with Gasteiger partial charge in [0.05, 0.1) is 24.8 Å². The third-order valence-corrected chi connectivity index (χ3v) is 6.77. The zero-order valence-corrected chi connectivity index (χ0v) is 18.3. The second-order valence-corrected chi connectivity index (χ2v) is 9.10. The van der Waals surface area contributed by atoms with Crippen LogP contribution in [0.2, 0.25) is 0 Å². The summed E-state index contributed by atoms with van der Waals surface area (Å²) in [6, 6.07) is 20.8. The molecule has 0 radical (unpaired) electrons. The molecule has 7 nitrogen and oxygen atoms in total. The van der Waals surface area contributed by atoms with E-state index in [1.54, 1.807) is 30.3 Å². The number of fused-ring (bicyclic) bond motifs is 1. The first kappa shape index (κ1) is 21.7. The van der Waals surface area contributed by atoms with Crippen LogP contribution in [0.15, 0.2) is 77.7 Å². The lowest BCUT2D eigenvalue weighted by molar-refractivity contribution is 0.0642. The maximum absolute atomic E-state index is 13.0. The number of sulfonamides is 1. The van der Waals surface area contributed by atoms with Crippen LogP contribution in [0.25, 0.3) is 0 Å². The average molecular weight is 451 g/mol. The number of benzene rings is 3. The van der Waals surface area contributed by atoms with Crippen molar-refractivity contribution in [3.63, 3.8) is 0 Å². The standard InChI is InChI=1S/C24H22N2O5S/c1-31-21-12-11-18(16-26-23(27)19-9-5-6-10-20(19)24(26)28)15-22(21)32(29,30)25-14-13-17-7-3-2-4-8-17/h2-12,15,25H,13-14,16H2,1H3. The number of methoxy groups -OCH3 is 1. The number of imide groups is 1. The van der Waals surface area contributed by atoms with Gasteiger partial charge >= 0.3 is 0 Å². The Hall–Kier alpha value is -3.49. The molecule has 1 N–H and O–H groups in total. The second kappa shape index (κ2) is 8.94. The SMILES string of the molecule is COc1ccc(CN2C(=O)c3ccccc3C2=O)cc1S(=O)(=O)NCCc1ccccc1. The van der Waals surface area contributed by atoms with Crippen molar-refractivity contribution in [3.8, 4) is 5.75 Å². The van der Waals surface area contributed by atoms with Gasteiger partial charge in [-0.05, 0) is 41.8 Å². The number of hydrogen-bond donors (Lipinski definition) is 1. The van der Waals surface area contributed by atoms with Crippen LogP contribution in [0.1, 0.15) is 31.8 Å². The summed E-state index contributed by atoms with van der Waals surface area (Å²) >= 11 is 0. The van der Waals surface area contributed by atoms with E-state index in [1.807, 2.05) is 30.3 Å². The van der Waals surface area contributed by atoms with Gasteiger partial charge in [0.1, 0.15) is 10.6 Å². The lowest BCUT2D eigenvalue weighted by atomic mass is 10.1. The number of ether oxygens (including phenoxy) is 1. The van der Waals surface area contributed by atoms with Crippen LogP contribution in [0.5, 0.6) is 5.75 Å². The minimum atomic E-state index is -3.87. The molecule has 0 aromatic heterocycles. The third-order valence-electron chi connectivity index (χ3n) is 5.29. The Morgan fingerprint density at radius 2 is 1.47 bits per heavy atom. The molecule has 4 rings (SSSR count). The molecule has 0 unspecified atom stereocenters. The summed E-state index contributed by atoms with van der Waals surface area (Å²) in [6.45, 7) is 0.182. The van der Waals surface area contributed by atoms with E-state index in [0.29, 0.717) is 23.1 Å². The molecule has 2 amide bonds. The summed E-state index contributed by atoms with van der Waals surface area (Å²) in [5, 5.41) is 0. The van der Waals surface area contributed by atoms with Gasteiger partial charge in [-0.3, -0.25) is 14.5 Å². The third kappa shape index (κ3) is 4.28. The maximum atomic E-state index is 13.0. The Balaban J connectivity index is 1.54. The first-order valence-corrected chi connectivity index (χ1v) is 11.5. The van der Waals surface area contributed by atoms with E-state index in [2.05, 4.69) is 4.72 Å². The Bertz CT molecular complexity index is 1240. The molecule has 1 aliphatic heterocycles. The monoisotopic (exact) mass is 450 g/mol. The predicted molar refractivity (Wildman–Crippen MR) is 119 cm³/mol. The highest BCUT2D eigenvalue weighted by molar-refractivity contribution is 7.89. The molecule has 1 aliphatic rings. The molecule has 1 heterocycles. The molecular formula is C24H22N2O5S. The van der Waals surface area contributed by atoms with Crippen LogP contribution < -0.4 is 9.46 Å². The van der Waals surface area contributed by atoms with E-state index >= 15 is 0 Å². The maximum Gasteiger partial charge on any atom is 0.261 e. The molecule has 32 heavy (non-hydrogen) atoms. The lowest BCUT2D eigenvalue weighted by Gasteiger charge is -2.16. The highest BCUT2D eigenvalue weighted by Crippen LogP contribution is 2.28. The molecule has 0 spiro atoms. The summed E-state index contributed by atoms with van der Waals surface area (Å²) < 4.78 is 33.8. The van der Waals surface area contributed by atoms with E-state index < -0.39 is 21.8 Å². The number of hydrogen-bond acceptors (Lipinski definition) is 5. The van der Waals surface area contributed by atoms with Gasteiger partial charge in [0.2, 0.25) is 10.0 Å². The summed E-state index contributed by atoms with van der Waals surface area (Å²) in [5.41, 5.74) is 2.22. The van der Waals surface area contributed by atoms with Gasteiger partial charge in [-0.25, -0.2) is 13.1 Å². The van der Waals surface area contributed by atoms with Crippen molar-refractivity contribution in [2.24, 2.45) is 0 Å². The van der Waals surface area contributed by atoms with Crippen molar-refractivity contribution >= 4 is 21.8 Å². The smallest absolute Gasteiger partial charge is 0.261 e. The number of nitrogens with one attached hydrogen (secondary N) is 1. The van der Waals surface area contributed by atoms with Crippen LogP contribution in [0.3, 0.4) is 0 Å². The highest BCUT2D eigenvalue weighted by atomic mass is 32.2. The molecule has 164 valence electrons. The first-order chi connectivity index (χ1) is 15.4. The normalized spacial score (nSPS) is 13.3. The van der Waals surface area contributed by atoms with E-state index in [4.69, 9.17) is 4.74 Å². The quantitative estimate of drug-likeness (QED) is 0.533. The highest BCUT2D eigenvalue weighted by Gasteiger charge is 2.35. The molecular weight excluding hydrogens is 428 g/mol. The van der Waals surface area contributed by atoms with Gasteiger partial charge in [-0.2, -0.15) is 0 Å². The van der Waals surface area contributed by atoms with Crippen molar-refractivity contribution in [1.82, 2.24) is 9.62 Å². The Kier molecular flexibility index (Phi) is 6.07. The average Bonchev–Trinajstić information content (AvgIpc) is 3.05. The van der Waals surface area contributed by atoms with Crippen molar-refractivity contribution in [2.75, 3.05) is 13.7 Å². The fraction of sp³-hybridized carbons (Fsp3) is 0.167. The number of amides is 2. The topological polar surface area (TPSA) is 92.8 Å². The molecule has 0 bridgehead atoms. The number of rotatable bonds is 8. The molecule has 0 atom stereocenters. The fourth-order valence-electron chi connectivity index (χ4n) is 3.65. The molecule has 8 heteroatoms. The molecule has 0 aliphatic carbocycles. The van der Waals surface area contributed by atoms with Crippen molar-refractivity contribution in [1.29, 1.82) is 0 Å². The van der Waals surface area contributed by atoms with Crippen molar-refractivity contribution < 1.29 is 22.7 Å². The number of carbonyl (C=O) groups is 2. The first-order valence-electron chi connectivity index (χ1n) is 10.1. The Morgan fingerprint density at radius 3 is 2.09 bits per heavy atom. The van der Waals surface area contributed by atoms with Crippen LogP contribution in [0, 0.1) is 0 Å². The molecule has 0 saturated heterocycles. The minimum absolute atomic E-state index is 0.0388. The van der Waals surface area contributed by atoms with E-state index in [0.717, 1.165) is 10.5 Å². The van der Waals surface area contributed by atoms with Gasteiger partial charge in [0.15, 0.2) is 0 Å². The molecule has 0 saturated carbocycles. The molecule has 3 aromatic carbocycles. The van der Waals surface area contributed by atoms with Crippen LogP contribution >= 0.6 is 0 Å². The summed E-state index contributed by atoms with van der Waals surface area (Å²) in [4.78, 5) is 26.4. The van der Waals surface area contributed by atoms with E-state index in [1.165, 1.54) is 19.2 Å². The number of carbonyl (C=O) groups excluding carboxylic acids is 2. The van der Waals surface area contributed by atoms with E-state index in [-0.39, 0.29) is 23.7 Å². The Labute approximate surface area is 186 Å². The molecule has 3 aromatic rings.